The van der Waals surface area contributed by atoms with Crippen LogP contribution in [0, 0.1) is 0 Å². The molecule has 0 fully saturated rings. The topological polar surface area (TPSA) is 105 Å². The zero-order chi connectivity index (χ0) is 14.3. The molecular weight excluding hydrogens is 252 g/mol. The highest BCUT2D eigenvalue weighted by atomic mass is 16.5. The van der Waals surface area contributed by atoms with Gasteiger partial charge in [-0.2, -0.15) is 0 Å². The van der Waals surface area contributed by atoms with Crippen LogP contribution in [0.2, 0.25) is 0 Å². The zero-order valence-electron chi connectivity index (χ0n) is 10.3. The maximum Gasteiger partial charge on any atom is 0.325 e. The smallest absolute Gasteiger partial charge is 0.325 e. The number of urea groups is 1. The molecule has 0 bridgehead atoms. The first-order valence-electron chi connectivity index (χ1n) is 5.44. The summed E-state index contributed by atoms with van der Waals surface area (Å²) in [6.07, 6.45) is -0.201. The van der Waals surface area contributed by atoms with Crippen molar-refractivity contribution in [3.05, 3.63) is 29.8 Å². The zero-order valence-corrected chi connectivity index (χ0v) is 10.3. The van der Waals surface area contributed by atoms with Crippen molar-refractivity contribution in [3.8, 4) is 0 Å². The molecule has 0 atom stereocenters. The second-order valence-corrected chi connectivity index (χ2v) is 3.61. The molecule has 0 saturated carbocycles. The molecule has 2 amide bonds. The normalized spacial score (nSPS) is 9.53. The summed E-state index contributed by atoms with van der Waals surface area (Å²) >= 11 is 0. The lowest BCUT2D eigenvalue weighted by atomic mass is 10.1. The van der Waals surface area contributed by atoms with Gasteiger partial charge in [0.1, 0.15) is 6.54 Å². The highest BCUT2D eigenvalue weighted by Gasteiger charge is 2.10. The van der Waals surface area contributed by atoms with E-state index in [4.69, 9.17) is 5.11 Å². The minimum absolute atomic E-state index is 0.201. The molecule has 0 aromatic heterocycles. The summed E-state index contributed by atoms with van der Waals surface area (Å²) in [4.78, 5) is 33.0. The maximum atomic E-state index is 11.5. The monoisotopic (exact) mass is 266 g/mol. The standard InChI is InChI=1S/C12H14N2O5/c1-19-11(17)7-13-12(18)14-9-5-3-2-4-8(9)6-10(15)16/h2-5H,6-7H2,1H3,(H,15,16)(H2,13,14,18). The Hall–Kier alpha value is -2.57. The fourth-order valence-electron chi connectivity index (χ4n) is 1.35. The predicted molar refractivity (Wildman–Crippen MR) is 66.8 cm³/mol. The lowest BCUT2D eigenvalue weighted by molar-refractivity contribution is -0.139. The van der Waals surface area contributed by atoms with Crippen LogP contribution in [0.15, 0.2) is 24.3 Å². The number of para-hydroxylation sites is 1. The van der Waals surface area contributed by atoms with Gasteiger partial charge in [-0.25, -0.2) is 4.79 Å². The summed E-state index contributed by atoms with van der Waals surface area (Å²) in [6, 6.07) is 5.92. The van der Waals surface area contributed by atoms with Crippen LogP contribution in [-0.4, -0.2) is 36.7 Å². The molecule has 0 aliphatic heterocycles. The molecule has 0 aliphatic carbocycles. The number of aliphatic carboxylic acids is 1. The third-order valence-electron chi connectivity index (χ3n) is 2.23. The van der Waals surface area contributed by atoms with E-state index < -0.39 is 18.0 Å². The van der Waals surface area contributed by atoms with Crippen LogP contribution in [0.3, 0.4) is 0 Å². The molecule has 19 heavy (non-hydrogen) atoms. The van der Waals surface area contributed by atoms with Gasteiger partial charge in [-0.05, 0) is 11.6 Å². The van der Waals surface area contributed by atoms with E-state index in [1.165, 1.54) is 7.11 Å². The number of carboxylic acids is 1. The fraction of sp³-hybridized carbons (Fsp3) is 0.250. The number of rotatable bonds is 5. The van der Waals surface area contributed by atoms with Gasteiger partial charge >= 0.3 is 18.0 Å². The minimum Gasteiger partial charge on any atom is -0.481 e. The van der Waals surface area contributed by atoms with Gasteiger partial charge in [0.15, 0.2) is 0 Å². The van der Waals surface area contributed by atoms with Crippen molar-refractivity contribution in [1.82, 2.24) is 5.32 Å². The summed E-state index contributed by atoms with van der Waals surface area (Å²) in [6.45, 7) is -0.260. The van der Waals surface area contributed by atoms with Crippen molar-refractivity contribution in [1.29, 1.82) is 0 Å². The van der Waals surface area contributed by atoms with E-state index in [-0.39, 0.29) is 13.0 Å². The first-order valence-corrected chi connectivity index (χ1v) is 5.44. The van der Waals surface area contributed by atoms with E-state index in [0.29, 0.717) is 11.3 Å². The number of anilines is 1. The van der Waals surface area contributed by atoms with E-state index in [9.17, 15) is 14.4 Å². The van der Waals surface area contributed by atoms with E-state index >= 15 is 0 Å². The molecule has 7 heteroatoms. The molecule has 0 radical (unpaired) electrons. The highest BCUT2D eigenvalue weighted by Crippen LogP contribution is 2.15. The average Bonchev–Trinajstić information content (AvgIpc) is 2.37. The number of benzene rings is 1. The number of nitrogens with one attached hydrogen (secondary N) is 2. The van der Waals surface area contributed by atoms with Gasteiger partial charge in [0.25, 0.3) is 0 Å². The molecule has 3 N–H and O–H groups in total. The number of esters is 1. The Balaban J connectivity index is 2.63. The molecular formula is C12H14N2O5. The van der Waals surface area contributed by atoms with Gasteiger partial charge in [0, 0.05) is 5.69 Å². The van der Waals surface area contributed by atoms with Crippen molar-refractivity contribution in [2.75, 3.05) is 19.0 Å². The van der Waals surface area contributed by atoms with E-state index in [2.05, 4.69) is 15.4 Å². The lowest BCUT2D eigenvalue weighted by Gasteiger charge is -2.10. The molecule has 1 aromatic carbocycles. The van der Waals surface area contributed by atoms with Crippen LogP contribution >= 0.6 is 0 Å². The van der Waals surface area contributed by atoms with E-state index in [1.54, 1.807) is 24.3 Å². The molecule has 1 rings (SSSR count). The van der Waals surface area contributed by atoms with Gasteiger partial charge in [0.05, 0.1) is 13.5 Å². The van der Waals surface area contributed by atoms with Crippen LogP contribution in [-0.2, 0) is 20.7 Å². The van der Waals surface area contributed by atoms with Crippen LogP contribution in [0.4, 0.5) is 10.5 Å². The number of methoxy groups -OCH3 is 1. The highest BCUT2D eigenvalue weighted by molar-refractivity contribution is 5.92. The Bertz CT molecular complexity index is 487. The molecule has 0 spiro atoms. The van der Waals surface area contributed by atoms with Crippen LogP contribution in [0.25, 0.3) is 0 Å². The largest absolute Gasteiger partial charge is 0.481 e. The summed E-state index contributed by atoms with van der Waals surface area (Å²) < 4.78 is 4.37. The molecule has 0 aliphatic rings. The van der Waals surface area contributed by atoms with Gasteiger partial charge in [-0.3, -0.25) is 9.59 Å². The summed E-state index contributed by atoms with van der Waals surface area (Å²) in [5, 5.41) is 13.5. The molecule has 0 saturated heterocycles. The van der Waals surface area contributed by atoms with Gasteiger partial charge in [-0.1, -0.05) is 18.2 Å². The lowest BCUT2D eigenvalue weighted by Crippen LogP contribution is -2.34. The molecule has 0 heterocycles. The van der Waals surface area contributed by atoms with Gasteiger partial charge < -0.3 is 20.5 Å². The molecule has 0 unspecified atom stereocenters. The van der Waals surface area contributed by atoms with E-state index in [1.807, 2.05) is 0 Å². The second kappa shape index (κ2) is 7.00. The Morgan fingerprint density at radius 2 is 1.95 bits per heavy atom. The average molecular weight is 266 g/mol. The van der Waals surface area contributed by atoms with E-state index in [0.717, 1.165) is 0 Å². The summed E-state index contributed by atoms with van der Waals surface area (Å²) in [7, 11) is 1.21. The number of amides is 2. The number of hydrogen-bond donors (Lipinski definition) is 3. The maximum absolute atomic E-state index is 11.5. The molecule has 1 aromatic rings. The van der Waals surface area contributed by atoms with Crippen LogP contribution in [0.1, 0.15) is 5.56 Å². The number of hydrogen-bond acceptors (Lipinski definition) is 4. The molecule has 7 nitrogen and oxygen atoms in total. The summed E-state index contributed by atoms with van der Waals surface area (Å²) in [5.74, 6) is -1.57. The van der Waals surface area contributed by atoms with Crippen molar-refractivity contribution >= 4 is 23.7 Å². The SMILES string of the molecule is COC(=O)CNC(=O)Nc1ccccc1CC(=O)O. The summed E-state index contributed by atoms with van der Waals surface area (Å²) in [5.41, 5.74) is 0.857. The first kappa shape index (κ1) is 14.5. The Morgan fingerprint density at radius 3 is 2.58 bits per heavy atom. The Labute approximate surface area is 109 Å². The second-order valence-electron chi connectivity index (χ2n) is 3.61. The molecule has 102 valence electrons. The number of carboxylic acid groups (broad SMARTS) is 1. The van der Waals surface area contributed by atoms with Crippen molar-refractivity contribution in [2.24, 2.45) is 0 Å². The fourth-order valence-corrected chi connectivity index (χ4v) is 1.35. The predicted octanol–water partition coefficient (Wildman–Crippen LogP) is 0.608. The third kappa shape index (κ3) is 5.07. The number of carbonyl (C=O) groups excluding carboxylic acids is 2. The Morgan fingerprint density at radius 1 is 1.26 bits per heavy atom. The number of carbonyl (C=O) groups is 3. The van der Waals surface area contributed by atoms with Crippen LogP contribution < -0.4 is 10.6 Å². The number of ether oxygens (including phenoxy) is 1. The van der Waals surface area contributed by atoms with Crippen molar-refractivity contribution < 1.29 is 24.2 Å². The van der Waals surface area contributed by atoms with Crippen LogP contribution in [0.5, 0.6) is 0 Å². The Kier molecular flexibility index (Phi) is 5.34. The minimum atomic E-state index is -0.996. The van der Waals surface area contributed by atoms with Gasteiger partial charge in [0.2, 0.25) is 0 Å². The third-order valence-corrected chi connectivity index (χ3v) is 2.23. The van der Waals surface area contributed by atoms with Crippen molar-refractivity contribution in [3.63, 3.8) is 0 Å². The van der Waals surface area contributed by atoms with Crippen molar-refractivity contribution in [2.45, 2.75) is 6.42 Å². The first-order chi connectivity index (χ1) is 9.02. The van der Waals surface area contributed by atoms with Gasteiger partial charge in [-0.15, -0.1) is 0 Å². The quantitative estimate of drug-likeness (QED) is 0.677.